The van der Waals surface area contributed by atoms with Crippen LogP contribution in [-0.4, -0.2) is 31.3 Å². The van der Waals surface area contributed by atoms with Gasteiger partial charge in [-0.05, 0) is 18.7 Å². The van der Waals surface area contributed by atoms with Crippen molar-refractivity contribution in [3.8, 4) is 5.88 Å². The standard InChI is InChI=1S/C14H16N2O2/c1-15-7-10-6-14(18-11-8-17-9-11)16-13-5-3-2-4-12(10)13/h2-6,11,15H,7-9H2,1H3. The first-order valence-corrected chi connectivity index (χ1v) is 6.14. The van der Waals surface area contributed by atoms with Crippen LogP contribution >= 0.6 is 0 Å². The number of nitrogens with one attached hydrogen (secondary N) is 1. The van der Waals surface area contributed by atoms with Crippen LogP contribution in [0, 0.1) is 0 Å². The van der Waals surface area contributed by atoms with Gasteiger partial charge in [0, 0.05) is 18.0 Å². The largest absolute Gasteiger partial charge is 0.469 e. The van der Waals surface area contributed by atoms with Crippen molar-refractivity contribution in [2.45, 2.75) is 12.6 Å². The monoisotopic (exact) mass is 244 g/mol. The van der Waals surface area contributed by atoms with Gasteiger partial charge in [-0.15, -0.1) is 0 Å². The molecule has 1 aromatic carbocycles. The molecular weight excluding hydrogens is 228 g/mol. The van der Waals surface area contributed by atoms with Crippen molar-refractivity contribution >= 4 is 10.9 Å². The minimum Gasteiger partial charge on any atom is -0.469 e. The van der Waals surface area contributed by atoms with Gasteiger partial charge in [0.2, 0.25) is 5.88 Å². The van der Waals surface area contributed by atoms with E-state index < -0.39 is 0 Å². The first-order valence-electron chi connectivity index (χ1n) is 6.14. The summed E-state index contributed by atoms with van der Waals surface area (Å²) >= 11 is 0. The molecule has 4 nitrogen and oxygen atoms in total. The fourth-order valence-electron chi connectivity index (χ4n) is 2.07. The maximum absolute atomic E-state index is 5.78. The molecule has 0 radical (unpaired) electrons. The first kappa shape index (κ1) is 11.4. The molecule has 1 aliphatic rings. The SMILES string of the molecule is CNCc1cc(OC2COC2)nc2ccccc12. The molecule has 0 spiro atoms. The van der Waals surface area contributed by atoms with E-state index in [1.807, 2.05) is 31.3 Å². The zero-order valence-electron chi connectivity index (χ0n) is 10.3. The third kappa shape index (κ3) is 2.17. The van der Waals surface area contributed by atoms with Crippen LogP contribution in [0.15, 0.2) is 30.3 Å². The molecule has 1 saturated heterocycles. The number of nitrogens with zero attached hydrogens (tertiary/aromatic N) is 1. The molecule has 94 valence electrons. The molecule has 4 heteroatoms. The van der Waals surface area contributed by atoms with Crippen LogP contribution in [0.3, 0.4) is 0 Å². The second kappa shape index (κ2) is 4.92. The maximum Gasteiger partial charge on any atom is 0.214 e. The maximum atomic E-state index is 5.78. The number of fused-ring (bicyclic) bond motifs is 1. The Morgan fingerprint density at radius 3 is 2.94 bits per heavy atom. The summed E-state index contributed by atoms with van der Waals surface area (Å²) < 4.78 is 10.9. The van der Waals surface area contributed by atoms with Crippen molar-refractivity contribution in [2.75, 3.05) is 20.3 Å². The lowest BCUT2D eigenvalue weighted by Crippen LogP contribution is -2.38. The summed E-state index contributed by atoms with van der Waals surface area (Å²) in [6.07, 6.45) is 0.154. The van der Waals surface area contributed by atoms with Crippen molar-refractivity contribution in [3.05, 3.63) is 35.9 Å². The van der Waals surface area contributed by atoms with E-state index in [1.165, 1.54) is 10.9 Å². The molecular formula is C14H16N2O2. The van der Waals surface area contributed by atoms with Gasteiger partial charge < -0.3 is 14.8 Å². The van der Waals surface area contributed by atoms with Crippen LogP contribution in [0.2, 0.25) is 0 Å². The van der Waals surface area contributed by atoms with Gasteiger partial charge in [0.25, 0.3) is 0 Å². The number of ether oxygens (including phenoxy) is 2. The smallest absolute Gasteiger partial charge is 0.214 e. The summed E-state index contributed by atoms with van der Waals surface area (Å²) in [6.45, 7) is 2.13. The van der Waals surface area contributed by atoms with Crippen LogP contribution in [-0.2, 0) is 11.3 Å². The third-order valence-electron chi connectivity index (χ3n) is 3.04. The Labute approximate surface area is 106 Å². The number of aromatic nitrogens is 1. The number of pyridine rings is 1. The molecule has 2 aromatic rings. The lowest BCUT2D eigenvalue weighted by atomic mass is 10.1. The highest BCUT2D eigenvalue weighted by molar-refractivity contribution is 5.82. The molecule has 0 atom stereocenters. The second-order valence-corrected chi connectivity index (χ2v) is 4.44. The molecule has 0 bridgehead atoms. The van der Waals surface area contributed by atoms with E-state index >= 15 is 0 Å². The Morgan fingerprint density at radius 2 is 2.22 bits per heavy atom. The average Bonchev–Trinajstić information content (AvgIpc) is 2.34. The van der Waals surface area contributed by atoms with Gasteiger partial charge in [-0.1, -0.05) is 18.2 Å². The van der Waals surface area contributed by atoms with Crippen molar-refractivity contribution in [1.82, 2.24) is 10.3 Å². The van der Waals surface area contributed by atoms with E-state index in [0.717, 1.165) is 12.1 Å². The molecule has 18 heavy (non-hydrogen) atoms. The van der Waals surface area contributed by atoms with E-state index in [4.69, 9.17) is 9.47 Å². The van der Waals surface area contributed by atoms with Crippen LogP contribution in [0.1, 0.15) is 5.56 Å². The lowest BCUT2D eigenvalue weighted by Gasteiger charge is -2.26. The predicted octanol–water partition coefficient (Wildman–Crippen LogP) is 1.73. The van der Waals surface area contributed by atoms with Crippen molar-refractivity contribution in [2.24, 2.45) is 0 Å². The van der Waals surface area contributed by atoms with E-state index in [2.05, 4.69) is 16.4 Å². The summed E-state index contributed by atoms with van der Waals surface area (Å²) in [6, 6.07) is 10.1. The van der Waals surface area contributed by atoms with Crippen molar-refractivity contribution < 1.29 is 9.47 Å². The van der Waals surface area contributed by atoms with Gasteiger partial charge in [0.05, 0.1) is 18.7 Å². The number of hydrogen-bond acceptors (Lipinski definition) is 4. The topological polar surface area (TPSA) is 43.4 Å². The highest BCUT2D eigenvalue weighted by Crippen LogP contribution is 2.23. The molecule has 1 aromatic heterocycles. The van der Waals surface area contributed by atoms with Gasteiger partial charge >= 0.3 is 0 Å². The van der Waals surface area contributed by atoms with E-state index in [9.17, 15) is 0 Å². The van der Waals surface area contributed by atoms with Crippen molar-refractivity contribution in [1.29, 1.82) is 0 Å². The quantitative estimate of drug-likeness (QED) is 0.889. The molecule has 0 unspecified atom stereocenters. The van der Waals surface area contributed by atoms with E-state index in [-0.39, 0.29) is 6.10 Å². The minimum atomic E-state index is 0.154. The van der Waals surface area contributed by atoms with Gasteiger partial charge in [-0.2, -0.15) is 0 Å². The molecule has 1 aliphatic heterocycles. The van der Waals surface area contributed by atoms with Crippen LogP contribution in [0.25, 0.3) is 10.9 Å². The summed E-state index contributed by atoms with van der Waals surface area (Å²) in [5, 5.41) is 4.35. The lowest BCUT2D eigenvalue weighted by molar-refractivity contribution is -0.0812. The Hall–Kier alpha value is -1.65. The number of rotatable bonds is 4. The van der Waals surface area contributed by atoms with Crippen LogP contribution in [0.5, 0.6) is 5.88 Å². The summed E-state index contributed by atoms with van der Waals surface area (Å²) in [4.78, 5) is 4.53. The Kier molecular flexibility index (Phi) is 3.13. The van der Waals surface area contributed by atoms with Gasteiger partial charge in [-0.3, -0.25) is 0 Å². The minimum absolute atomic E-state index is 0.154. The molecule has 1 fully saturated rings. The Morgan fingerprint density at radius 1 is 1.39 bits per heavy atom. The Bertz CT molecular complexity index is 552. The molecule has 1 N–H and O–H groups in total. The summed E-state index contributed by atoms with van der Waals surface area (Å²) in [5.41, 5.74) is 2.18. The average molecular weight is 244 g/mol. The molecule has 3 rings (SSSR count). The Balaban J connectivity index is 1.98. The van der Waals surface area contributed by atoms with Crippen LogP contribution < -0.4 is 10.1 Å². The zero-order chi connectivity index (χ0) is 12.4. The normalized spacial score (nSPS) is 15.6. The zero-order valence-corrected chi connectivity index (χ0v) is 10.3. The van der Waals surface area contributed by atoms with Gasteiger partial charge in [0.15, 0.2) is 0 Å². The highest BCUT2D eigenvalue weighted by Gasteiger charge is 2.21. The summed E-state index contributed by atoms with van der Waals surface area (Å²) in [5.74, 6) is 0.687. The predicted molar refractivity (Wildman–Crippen MR) is 69.7 cm³/mol. The molecule has 2 heterocycles. The molecule has 0 saturated carbocycles. The van der Waals surface area contributed by atoms with E-state index in [0.29, 0.717) is 19.1 Å². The van der Waals surface area contributed by atoms with Gasteiger partial charge in [0.1, 0.15) is 6.10 Å². The molecule has 0 amide bonds. The number of benzene rings is 1. The fraction of sp³-hybridized carbons (Fsp3) is 0.357. The van der Waals surface area contributed by atoms with Gasteiger partial charge in [-0.25, -0.2) is 4.98 Å². The third-order valence-corrected chi connectivity index (χ3v) is 3.04. The van der Waals surface area contributed by atoms with Crippen LogP contribution in [0.4, 0.5) is 0 Å². The highest BCUT2D eigenvalue weighted by atomic mass is 16.6. The van der Waals surface area contributed by atoms with Crippen molar-refractivity contribution in [3.63, 3.8) is 0 Å². The van der Waals surface area contributed by atoms with E-state index in [1.54, 1.807) is 0 Å². The number of para-hydroxylation sites is 1. The first-order chi connectivity index (χ1) is 8.86. The second-order valence-electron chi connectivity index (χ2n) is 4.44. The fourth-order valence-corrected chi connectivity index (χ4v) is 2.07. The summed E-state index contributed by atoms with van der Waals surface area (Å²) in [7, 11) is 1.94. The molecule has 0 aliphatic carbocycles. The number of hydrogen-bond donors (Lipinski definition) is 1.